The lowest BCUT2D eigenvalue weighted by atomic mass is 10.1. The van der Waals surface area contributed by atoms with Gasteiger partial charge in [-0.05, 0) is 67.1 Å². The van der Waals surface area contributed by atoms with Crippen LogP contribution in [0.2, 0.25) is 0 Å². The molecule has 0 spiro atoms. The Morgan fingerprint density at radius 3 is 2.30 bits per heavy atom. The molecule has 0 radical (unpaired) electrons. The van der Waals surface area contributed by atoms with E-state index in [1.54, 1.807) is 67.8 Å². The molecule has 2 amide bonds. The number of carbonyl (C=O) groups excluding carboxylic acids is 2. The van der Waals surface area contributed by atoms with Crippen molar-refractivity contribution in [2.75, 3.05) is 19.0 Å². The largest absolute Gasteiger partial charge is 0.497 e. The number of hydrogen-bond donors (Lipinski definition) is 2. The molecule has 2 N–H and O–H groups in total. The van der Waals surface area contributed by atoms with Crippen LogP contribution in [0.3, 0.4) is 0 Å². The van der Waals surface area contributed by atoms with Crippen molar-refractivity contribution in [3.05, 3.63) is 83.9 Å². The lowest BCUT2D eigenvalue weighted by Gasteiger charge is -2.11. The maximum Gasteiger partial charge on any atom is 0.291 e. The molecule has 0 aliphatic heterocycles. The van der Waals surface area contributed by atoms with Crippen LogP contribution in [0.25, 0.3) is 6.08 Å². The summed E-state index contributed by atoms with van der Waals surface area (Å²) in [5, 5.41) is 5.38. The Bertz CT molecular complexity index is 1010. The zero-order chi connectivity index (χ0) is 21.3. The van der Waals surface area contributed by atoms with Crippen molar-refractivity contribution in [3.8, 4) is 11.5 Å². The Kier molecular flexibility index (Phi) is 6.89. The minimum Gasteiger partial charge on any atom is -0.497 e. The Labute approximate surface area is 174 Å². The van der Waals surface area contributed by atoms with Gasteiger partial charge in [0.05, 0.1) is 20.0 Å². The molecule has 0 aliphatic rings. The van der Waals surface area contributed by atoms with E-state index in [-0.39, 0.29) is 11.5 Å². The molecule has 0 fully saturated rings. The van der Waals surface area contributed by atoms with Gasteiger partial charge >= 0.3 is 0 Å². The first-order chi connectivity index (χ1) is 14.6. The molecule has 0 atom stereocenters. The van der Waals surface area contributed by atoms with E-state index in [4.69, 9.17) is 13.9 Å². The Morgan fingerprint density at radius 1 is 1.00 bits per heavy atom. The van der Waals surface area contributed by atoms with E-state index in [0.717, 1.165) is 0 Å². The van der Waals surface area contributed by atoms with E-state index in [2.05, 4.69) is 10.6 Å². The van der Waals surface area contributed by atoms with Crippen LogP contribution in [0, 0.1) is 0 Å². The number of furan rings is 1. The summed E-state index contributed by atoms with van der Waals surface area (Å²) in [4.78, 5) is 25.3. The number of nitrogens with one attached hydrogen (secondary N) is 2. The lowest BCUT2D eigenvalue weighted by molar-refractivity contribution is -0.113. The molecule has 0 saturated heterocycles. The number of rotatable bonds is 8. The van der Waals surface area contributed by atoms with Gasteiger partial charge in [-0.15, -0.1) is 0 Å². The number of hydrogen-bond acceptors (Lipinski definition) is 5. The molecule has 30 heavy (non-hydrogen) atoms. The van der Waals surface area contributed by atoms with E-state index in [1.165, 1.54) is 12.3 Å². The molecule has 0 aliphatic carbocycles. The standard InChI is InChI=1S/C23H22N2O5/c1-3-29-19-12-8-17(9-13-19)24-22(26)20(25-23(27)21-5-4-14-30-21)15-16-6-10-18(28-2)11-7-16/h4-15H,3H2,1-2H3,(H,24,26)(H,25,27)/b20-15-. The molecule has 3 aromatic rings. The monoisotopic (exact) mass is 406 g/mol. The fraction of sp³-hybridized carbons (Fsp3) is 0.130. The van der Waals surface area contributed by atoms with Crippen LogP contribution in [0.1, 0.15) is 23.0 Å². The van der Waals surface area contributed by atoms with E-state index in [0.29, 0.717) is 29.4 Å². The highest BCUT2D eigenvalue weighted by molar-refractivity contribution is 6.10. The van der Waals surface area contributed by atoms with Gasteiger partial charge < -0.3 is 24.5 Å². The maximum absolute atomic E-state index is 12.9. The number of ether oxygens (including phenoxy) is 2. The summed E-state index contributed by atoms with van der Waals surface area (Å²) < 4.78 is 15.7. The van der Waals surface area contributed by atoms with Gasteiger partial charge in [-0.1, -0.05) is 12.1 Å². The molecule has 0 unspecified atom stereocenters. The van der Waals surface area contributed by atoms with Crippen LogP contribution in [0.4, 0.5) is 5.69 Å². The maximum atomic E-state index is 12.9. The molecule has 7 nitrogen and oxygen atoms in total. The summed E-state index contributed by atoms with van der Waals surface area (Å²) in [5.41, 5.74) is 1.35. The van der Waals surface area contributed by atoms with Crippen molar-refractivity contribution in [3.63, 3.8) is 0 Å². The van der Waals surface area contributed by atoms with Crippen molar-refractivity contribution >= 4 is 23.6 Å². The molecule has 154 valence electrons. The predicted molar refractivity (Wildman–Crippen MR) is 113 cm³/mol. The highest BCUT2D eigenvalue weighted by atomic mass is 16.5. The second kappa shape index (κ2) is 9.97. The Morgan fingerprint density at radius 2 is 1.70 bits per heavy atom. The summed E-state index contributed by atoms with van der Waals surface area (Å²) in [5.74, 6) is 0.490. The van der Waals surface area contributed by atoms with Gasteiger partial charge in [0.15, 0.2) is 5.76 Å². The van der Waals surface area contributed by atoms with Gasteiger partial charge in [-0.25, -0.2) is 0 Å². The molecule has 0 bridgehead atoms. The van der Waals surface area contributed by atoms with Crippen molar-refractivity contribution < 1.29 is 23.5 Å². The molecule has 3 rings (SSSR count). The van der Waals surface area contributed by atoms with Gasteiger partial charge in [0.1, 0.15) is 17.2 Å². The van der Waals surface area contributed by atoms with Gasteiger partial charge in [0, 0.05) is 5.69 Å². The van der Waals surface area contributed by atoms with Crippen LogP contribution < -0.4 is 20.1 Å². The fourth-order valence-electron chi connectivity index (χ4n) is 2.62. The average molecular weight is 406 g/mol. The van der Waals surface area contributed by atoms with Crippen molar-refractivity contribution in [2.45, 2.75) is 6.92 Å². The molecule has 1 aromatic heterocycles. The molecule has 0 saturated carbocycles. The Balaban J connectivity index is 1.82. The van der Waals surface area contributed by atoms with Crippen LogP contribution in [0.15, 0.2) is 77.0 Å². The van der Waals surface area contributed by atoms with Crippen LogP contribution in [0.5, 0.6) is 11.5 Å². The quantitative estimate of drug-likeness (QED) is 0.550. The van der Waals surface area contributed by atoms with Crippen LogP contribution in [-0.4, -0.2) is 25.5 Å². The van der Waals surface area contributed by atoms with E-state index < -0.39 is 11.8 Å². The highest BCUT2D eigenvalue weighted by Gasteiger charge is 2.16. The van der Waals surface area contributed by atoms with Gasteiger partial charge in [-0.2, -0.15) is 0 Å². The lowest BCUT2D eigenvalue weighted by Crippen LogP contribution is -2.30. The summed E-state index contributed by atoms with van der Waals surface area (Å²) in [6.45, 7) is 2.45. The first kappa shape index (κ1) is 20.7. The second-order valence-corrected chi connectivity index (χ2v) is 6.17. The predicted octanol–water partition coefficient (Wildman–Crippen LogP) is 4.10. The molecule has 2 aromatic carbocycles. The van der Waals surface area contributed by atoms with Crippen molar-refractivity contribution in [1.29, 1.82) is 0 Å². The first-order valence-corrected chi connectivity index (χ1v) is 9.34. The minimum atomic E-state index is -0.526. The number of methoxy groups -OCH3 is 1. The zero-order valence-electron chi connectivity index (χ0n) is 16.7. The number of amides is 2. The number of benzene rings is 2. The Hall–Kier alpha value is -4.00. The third-order valence-electron chi connectivity index (χ3n) is 4.09. The highest BCUT2D eigenvalue weighted by Crippen LogP contribution is 2.18. The van der Waals surface area contributed by atoms with E-state index in [1.807, 2.05) is 6.92 Å². The van der Waals surface area contributed by atoms with E-state index >= 15 is 0 Å². The molecular weight excluding hydrogens is 384 g/mol. The average Bonchev–Trinajstić information content (AvgIpc) is 3.30. The van der Waals surface area contributed by atoms with Crippen LogP contribution in [-0.2, 0) is 4.79 Å². The normalized spacial score (nSPS) is 10.9. The third kappa shape index (κ3) is 5.51. The third-order valence-corrected chi connectivity index (χ3v) is 4.09. The fourth-order valence-corrected chi connectivity index (χ4v) is 2.62. The minimum absolute atomic E-state index is 0.0652. The summed E-state index contributed by atoms with van der Waals surface area (Å²) in [6.07, 6.45) is 2.96. The smallest absolute Gasteiger partial charge is 0.291 e. The first-order valence-electron chi connectivity index (χ1n) is 9.34. The van der Waals surface area contributed by atoms with Crippen molar-refractivity contribution in [2.24, 2.45) is 0 Å². The summed E-state index contributed by atoms with van der Waals surface area (Å²) >= 11 is 0. The van der Waals surface area contributed by atoms with Crippen LogP contribution >= 0.6 is 0 Å². The van der Waals surface area contributed by atoms with Gasteiger partial charge in [0.2, 0.25) is 0 Å². The second-order valence-electron chi connectivity index (χ2n) is 6.17. The molecule has 7 heteroatoms. The SMILES string of the molecule is CCOc1ccc(NC(=O)/C(=C/c2ccc(OC)cc2)NC(=O)c2ccco2)cc1. The molecular formula is C23H22N2O5. The van der Waals surface area contributed by atoms with Gasteiger partial charge in [-0.3, -0.25) is 9.59 Å². The van der Waals surface area contributed by atoms with E-state index in [9.17, 15) is 9.59 Å². The molecule has 1 heterocycles. The summed E-state index contributed by atoms with van der Waals surface area (Å²) in [7, 11) is 1.57. The van der Waals surface area contributed by atoms with Crippen molar-refractivity contribution in [1.82, 2.24) is 5.32 Å². The van der Waals surface area contributed by atoms with Gasteiger partial charge in [0.25, 0.3) is 11.8 Å². The number of anilines is 1. The number of carbonyl (C=O) groups is 2. The zero-order valence-corrected chi connectivity index (χ0v) is 16.7. The summed E-state index contributed by atoms with van der Waals surface area (Å²) in [6, 6.07) is 17.2. The topological polar surface area (TPSA) is 89.8 Å².